The minimum Gasteiger partial charge on any atom is -0.334 e. The molecule has 1 aliphatic rings. The minimum absolute atomic E-state index is 0.203. The van der Waals surface area contributed by atoms with Crippen LogP contribution in [0.15, 0.2) is 58.8 Å². The van der Waals surface area contributed by atoms with Crippen molar-refractivity contribution >= 4 is 11.6 Å². The van der Waals surface area contributed by atoms with E-state index in [0.717, 1.165) is 0 Å². The Morgan fingerprint density at radius 2 is 1.90 bits per heavy atom. The third-order valence-electron chi connectivity index (χ3n) is 4.85. The van der Waals surface area contributed by atoms with Crippen molar-refractivity contribution in [1.29, 1.82) is 0 Å². The summed E-state index contributed by atoms with van der Waals surface area (Å²) in [5, 5.41) is 6.87. The van der Waals surface area contributed by atoms with E-state index >= 15 is 0 Å². The number of allylic oxidation sites excluding steroid dienone is 1. The first-order chi connectivity index (χ1) is 14.0. The number of urea groups is 1. The lowest BCUT2D eigenvalue weighted by atomic mass is 9.94. The van der Waals surface area contributed by atoms with Crippen molar-refractivity contribution in [3.8, 4) is 11.4 Å². The van der Waals surface area contributed by atoms with E-state index < -0.39 is 11.9 Å². The van der Waals surface area contributed by atoms with Gasteiger partial charge in [-0.15, -0.1) is 0 Å². The van der Waals surface area contributed by atoms with Crippen LogP contribution in [0.25, 0.3) is 17.0 Å². The Bertz CT molecular complexity index is 1090. The van der Waals surface area contributed by atoms with Crippen LogP contribution in [0.3, 0.4) is 0 Å². The lowest BCUT2D eigenvalue weighted by Gasteiger charge is -2.34. The van der Waals surface area contributed by atoms with Gasteiger partial charge in [0.15, 0.2) is 0 Å². The zero-order valence-electron chi connectivity index (χ0n) is 15.8. The lowest BCUT2D eigenvalue weighted by Crippen LogP contribution is -2.45. The van der Waals surface area contributed by atoms with E-state index in [-0.39, 0.29) is 17.7 Å². The van der Waals surface area contributed by atoms with Gasteiger partial charge in [0, 0.05) is 17.8 Å². The number of carbonyl (C=O) groups is 1. The summed E-state index contributed by atoms with van der Waals surface area (Å²) >= 11 is 0. The molecule has 0 aliphatic carbocycles. The van der Waals surface area contributed by atoms with Crippen LogP contribution in [0.1, 0.15) is 31.3 Å². The van der Waals surface area contributed by atoms with Gasteiger partial charge in [0.25, 0.3) is 5.89 Å². The number of carbonyl (C=O) groups excluding carboxylic acids is 1. The Balaban J connectivity index is 1.81. The first-order valence-corrected chi connectivity index (χ1v) is 9.12. The van der Waals surface area contributed by atoms with E-state index in [2.05, 4.69) is 15.5 Å². The maximum atomic E-state index is 13.8. The summed E-state index contributed by atoms with van der Waals surface area (Å²) in [6, 6.07) is 10.8. The topological polar surface area (TPSA) is 71.3 Å². The van der Waals surface area contributed by atoms with Crippen molar-refractivity contribution in [3.63, 3.8) is 0 Å². The summed E-state index contributed by atoms with van der Waals surface area (Å²) in [6.45, 7) is 4.07. The van der Waals surface area contributed by atoms with Crippen molar-refractivity contribution in [2.45, 2.75) is 19.9 Å². The predicted octanol–water partition coefficient (Wildman–Crippen LogP) is 4.53. The molecule has 1 aromatic heterocycles. The quantitative estimate of drug-likeness (QED) is 0.703. The Labute approximate surface area is 165 Å². The van der Waals surface area contributed by atoms with Crippen LogP contribution < -0.4 is 5.32 Å². The molecule has 29 heavy (non-hydrogen) atoms. The van der Waals surface area contributed by atoms with Gasteiger partial charge in [-0.25, -0.2) is 13.6 Å². The number of halogens is 2. The third-order valence-corrected chi connectivity index (χ3v) is 4.85. The maximum absolute atomic E-state index is 13.8. The molecule has 0 saturated carbocycles. The molecular formula is C21H18F2N4O2. The molecule has 1 atom stereocenters. The Hall–Kier alpha value is -3.55. The van der Waals surface area contributed by atoms with E-state index in [1.165, 1.54) is 24.3 Å². The van der Waals surface area contributed by atoms with Gasteiger partial charge in [-0.05, 0) is 55.8 Å². The zero-order chi connectivity index (χ0) is 20.5. The monoisotopic (exact) mass is 396 g/mol. The van der Waals surface area contributed by atoms with E-state index in [9.17, 15) is 13.6 Å². The van der Waals surface area contributed by atoms with Gasteiger partial charge in [0.1, 0.15) is 11.6 Å². The molecule has 1 N–H and O–H groups in total. The summed E-state index contributed by atoms with van der Waals surface area (Å²) in [7, 11) is 0. The van der Waals surface area contributed by atoms with E-state index in [1.54, 1.807) is 36.1 Å². The van der Waals surface area contributed by atoms with Crippen LogP contribution in [0.4, 0.5) is 13.6 Å². The van der Waals surface area contributed by atoms with Gasteiger partial charge in [-0.1, -0.05) is 17.3 Å². The number of nitrogens with one attached hydrogen (secondary N) is 1. The van der Waals surface area contributed by atoms with Gasteiger partial charge >= 0.3 is 6.03 Å². The molecule has 0 radical (unpaired) electrons. The van der Waals surface area contributed by atoms with Gasteiger partial charge in [0.05, 0.1) is 11.6 Å². The molecule has 0 spiro atoms. The van der Waals surface area contributed by atoms with Crippen LogP contribution in [-0.2, 0) is 0 Å². The first kappa shape index (κ1) is 18.8. The van der Waals surface area contributed by atoms with Gasteiger partial charge in [-0.3, -0.25) is 4.90 Å². The molecule has 2 amide bonds. The van der Waals surface area contributed by atoms with Gasteiger partial charge in [0.2, 0.25) is 5.82 Å². The molecule has 0 fully saturated rings. The lowest BCUT2D eigenvalue weighted by molar-refractivity contribution is 0.207. The van der Waals surface area contributed by atoms with Crippen molar-refractivity contribution < 1.29 is 18.1 Å². The number of amides is 2. The van der Waals surface area contributed by atoms with Crippen LogP contribution in [0.5, 0.6) is 0 Å². The molecular weight excluding hydrogens is 378 g/mol. The second kappa shape index (κ2) is 7.46. The molecule has 0 saturated heterocycles. The van der Waals surface area contributed by atoms with Crippen LogP contribution in [-0.4, -0.2) is 27.6 Å². The summed E-state index contributed by atoms with van der Waals surface area (Å²) in [5.41, 5.74) is 2.37. The van der Waals surface area contributed by atoms with Crippen molar-refractivity contribution in [3.05, 3.63) is 77.3 Å². The van der Waals surface area contributed by atoms with Crippen molar-refractivity contribution in [2.75, 3.05) is 6.54 Å². The highest BCUT2D eigenvalue weighted by Crippen LogP contribution is 2.37. The number of benzene rings is 2. The smallest absolute Gasteiger partial charge is 0.322 e. The normalized spacial score (nSPS) is 16.9. The Kier molecular flexibility index (Phi) is 4.84. The SMILES string of the molecule is CCN1C(=O)NC(c2cccc(F)c2)C(c2nc(-c3ccc(F)cc3)no2)=C1C. The predicted molar refractivity (Wildman–Crippen MR) is 102 cm³/mol. The minimum atomic E-state index is -0.650. The molecule has 2 aromatic carbocycles. The average Bonchev–Trinajstić information content (AvgIpc) is 3.18. The second-order valence-electron chi connectivity index (χ2n) is 6.61. The van der Waals surface area contributed by atoms with E-state index in [0.29, 0.717) is 34.8 Å². The van der Waals surface area contributed by atoms with Crippen LogP contribution >= 0.6 is 0 Å². The molecule has 6 nitrogen and oxygen atoms in total. The molecule has 1 unspecified atom stereocenters. The number of rotatable bonds is 4. The van der Waals surface area contributed by atoms with Crippen molar-refractivity contribution in [1.82, 2.24) is 20.4 Å². The van der Waals surface area contributed by atoms with Gasteiger partial charge in [-0.2, -0.15) is 4.98 Å². The number of nitrogens with zero attached hydrogens (tertiary/aromatic N) is 3. The van der Waals surface area contributed by atoms with E-state index in [4.69, 9.17) is 4.52 Å². The number of hydrogen-bond acceptors (Lipinski definition) is 4. The third kappa shape index (κ3) is 3.49. The molecule has 1 aliphatic heterocycles. The fraction of sp³-hybridized carbons (Fsp3) is 0.190. The molecule has 2 heterocycles. The van der Waals surface area contributed by atoms with Crippen molar-refractivity contribution in [2.24, 2.45) is 0 Å². The summed E-state index contributed by atoms with van der Waals surface area (Å²) in [5.74, 6) is -0.284. The number of hydrogen-bond donors (Lipinski definition) is 1. The maximum Gasteiger partial charge on any atom is 0.322 e. The van der Waals surface area contributed by atoms with Crippen LogP contribution in [0.2, 0.25) is 0 Å². The van der Waals surface area contributed by atoms with E-state index in [1.807, 2.05) is 6.92 Å². The molecule has 8 heteroatoms. The standard InChI is InChI=1S/C21H18F2N4O2/c1-3-27-12(2)17(18(24-21(27)28)14-5-4-6-16(23)11-14)20-25-19(26-29-20)13-7-9-15(22)10-8-13/h4-11,18H,3H2,1-2H3,(H,24,28). The zero-order valence-corrected chi connectivity index (χ0v) is 15.8. The fourth-order valence-electron chi connectivity index (χ4n) is 3.42. The van der Waals surface area contributed by atoms with Crippen LogP contribution in [0, 0.1) is 11.6 Å². The molecule has 0 bridgehead atoms. The first-order valence-electron chi connectivity index (χ1n) is 9.12. The fourth-order valence-corrected chi connectivity index (χ4v) is 3.42. The molecule has 148 valence electrons. The summed E-state index contributed by atoms with van der Waals surface area (Å²) in [6.07, 6.45) is 0. The largest absolute Gasteiger partial charge is 0.334 e. The van der Waals surface area contributed by atoms with Gasteiger partial charge < -0.3 is 9.84 Å². The Morgan fingerprint density at radius 1 is 1.14 bits per heavy atom. The highest BCUT2D eigenvalue weighted by molar-refractivity contribution is 5.86. The highest BCUT2D eigenvalue weighted by atomic mass is 19.1. The molecule has 4 rings (SSSR count). The number of aromatic nitrogens is 2. The molecule has 3 aromatic rings. The summed E-state index contributed by atoms with van der Waals surface area (Å²) in [4.78, 5) is 18.5. The average molecular weight is 396 g/mol. The summed E-state index contributed by atoms with van der Waals surface area (Å²) < 4.78 is 32.5. The second-order valence-corrected chi connectivity index (χ2v) is 6.61. The Morgan fingerprint density at radius 3 is 2.59 bits per heavy atom. The highest BCUT2D eigenvalue weighted by Gasteiger charge is 2.35.